The summed E-state index contributed by atoms with van der Waals surface area (Å²) in [5.41, 5.74) is 3.50. The van der Waals surface area contributed by atoms with Crippen LogP contribution in [-0.2, 0) is 16.3 Å². The highest BCUT2D eigenvalue weighted by Crippen LogP contribution is 2.51. The Morgan fingerprint density at radius 1 is 1.03 bits per heavy atom. The van der Waals surface area contributed by atoms with E-state index in [0.717, 1.165) is 22.4 Å². The number of benzene rings is 2. The lowest BCUT2D eigenvalue weighted by atomic mass is 9.61. The van der Waals surface area contributed by atoms with Gasteiger partial charge >= 0.3 is 0 Å². The van der Waals surface area contributed by atoms with Crippen molar-refractivity contribution in [2.75, 3.05) is 0 Å². The third-order valence-corrected chi connectivity index (χ3v) is 9.99. The van der Waals surface area contributed by atoms with Gasteiger partial charge in [-0.25, -0.2) is 17.5 Å². The molecule has 0 N–H and O–H groups in total. The monoisotopic (exact) mass is 527 g/mol. The van der Waals surface area contributed by atoms with Crippen LogP contribution in [0.2, 0.25) is 0 Å². The minimum absolute atomic E-state index is 0.170. The Bertz CT molecular complexity index is 1660. The second-order valence-corrected chi connectivity index (χ2v) is 12.4. The normalized spacial score (nSPS) is 20.8. The number of fused-ring (bicyclic) bond motifs is 2. The van der Waals surface area contributed by atoms with Crippen molar-refractivity contribution < 1.29 is 17.6 Å². The number of hydrogen-bond acceptors (Lipinski definition) is 5. The van der Waals surface area contributed by atoms with E-state index in [1.165, 1.54) is 12.1 Å². The molecule has 2 aromatic carbocycles. The molecule has 2 aliphatic rings. The summed E-state index contributed by atoms with van der Waals surface area (Å²) in [5, 5.41) is 3.85. The van der Waals surface area contributed by atoms with Crippen LogP contribution < -0.4 is 0 Å². The van der Waals surface area contributed by atoms with Crippen molar-refractivity contribution in [3.8, 4) is 5.69 Å². The van der Waals surface area contributed by atoms with E-state index in [9.17, 15) is 17.6 Å². The predicted molar refractivity (Wildman–Crippen MR) is 142 cm³/mol. The molecule has 0 amide bonds. The third kappa shape index (κ3) is 4.00. The fourth-order valence-electron chi connectivity index (χ4n) is 5.77. The summed E-state index contributed by atoms with van der Waals surface area (Å²) >= 11 is 0. The van der Waals surface area contributed by atoms with Crippen LogP contribution in [0.15, 0.2) is 89.6 Å². The molecule has 192 valence electrons. The van der Waals surface area contributed by atoms with Crippen molar-refractivity contribution in [1.29, 1.82) is 0 Å². The summed E-state index contributed by atoms with van der Waals surface area (Å²) in [5.74, 6) is -0.502. The molecule has 0 saturated heterocycles. The van der Waals surface area contributed by atoms with Gasteiger partial charge < -0.3 is 0 Å². The van der Waals surface area contributed by atoms with Crippen LogP contribution in [0.4, 0.5) is 4.39 Å². The van der Waals surface area contributed by atoms with Gasteiger partial charge in [0, 0.05) is 6.20 Å². The largest absolute Gasteiger partial charge is 0.291 e. The molecule has 2 aliphatic carbocycles. The van der Waals surface area contributed by atoms with E-state index in [-0.39, 0.29) is 22.9 Å². The summed E-state index contributed by atoms with van der Waals surface area (Å²) in [4.78, 5) is 18.9. The van der Waals surface area contributed by atoms with Crippen LogP contribution in [0.1, 0.15) is 46.6 Å². The summed E-state index contributed by atoms with van der Waals surface area (Å²) in [6, 6.07) is 18.1. The number of nitrogens with zero attached hydrogens (tertiary/aromatic N) is 3. The van der Waals surface area contributed by atoms with Gasteiger partial charge in [-0.3, -0.25) is 9.78 Å². The molecule has 2 atom stereocenters. The fraction of sp³-hybridized carbons (Fsp3) is 0.233. The van der Waals surface area contributed by atoms with Crippen LogP contribution in [0.5, 0.6) is 0 Å². The van der Waals surface area contributed by atoms with Crippen molar-refractivity contribution in [2.24, 2.45) is 5.41 Å². The predicted octanol–water partition coefficient (Wildman–Crippen LogP) is 5.55. The maximum Gasteiger partial charge on any atom is 0.191 e. The molecule has 6 nitrogen and oxygen atoms in total. The number of aromatic nitrogens is 3. The highest BCUT2D eigenvalue weighted by Gasteiger charge is 2.52. The molecular formula is C30H26FN3O3S. The fourth-order valence-corrected chi connectivity index (χ4v) is 7.62. The topological polar surface area (TPSA) is 81.9 Å². The standard InChI is InChI=1S/C30H26FN3O3S/c1-20-7-14-27(32-18-20)29(35)30-16-21-19-33-34(24-11-9-23(31)10-12-24)28(21)15-22(30)8-13-26(17-30)38(36,37)25-5-3-2-4-6-25/h2-7,9-12,14-15,18-19,26H,8,13,16-17H2,1H3/t26-,30-/m0/s1. The molecule has 1 saturated carbocycles. The van der Waals surface area contributed by atoms with Crippen LogP contribution >= 0.6 is 0 Å². The Hall–Kier alpha value is -3.91. The lowest BCUT2D eigenvalue weighted by Crippen LogP contribution is -2.45. The van der Waals surface area contributed by atoms with E-state index in [0.29, 0.717) is 30.6 Å². The van der Waals surface area contributed by atoms with E-state index in [2.05, 4.69) is 10.1 Å². The maximum absolute atomic E-state index is 14.2. The van der Waals surface area contributed by atoms with Gasteiger partial charge in [-0.05, 0) is 92.3 Å². The number of halogens is 1. The molecule has 8 heteroatoms. The summed E-state index contributed by atoms with van der Waals surface area (Å²) < 4.78 is 42.6. The van der Waals surface area contributed by atoms with E-state index >= 15 is 0 Å². The van der Waals surface area contributed by atoms with Crippen molar-refractivity contribution in [1.82, 2.24) is 14.8 Å². The molecule has 6 rings (SSSR count). The van der Waals surface area contributed by atoms with Gasteiger partial charge in [0.15, 0.2) is 15.6 Å². The number of carbonyl (C=O) groups is 1. The molecule has 4 aromatic rings. The summed E-state index contributed by atoms with van der Waals surface area (Å²) in [6.07, 6.45) is 6.73. The number of aryl methyl sites for hydroxylation is 1. The third-order valence-electron chi connectivity index (χ3n) is 7.78. The summed E-state index contributed by atoms with van der Waals surface area (Å²) in [7, 11) is -3.65. The van der Waals surface area contributed by atoms with E-state index in [1.54, 1.807) is 65.6 Å². The van der Waals surface area contributed by atoms with E-state index < -0.39 is 20.5 Å². The molecule has 38 heavy (non-hydrogen) atoms. The average molecular weight is 528 g/mol. The minimum atomic E-state index is -3.65. The molecule has 2 aromatic heterocycles. The van der Waals surface area contributed by atoms with Crippen molar-refractivity contribution in [2.45, 2.75) is 42.8 Å². The lowest BCUT2D eigenvalue weighted by Gasteiger charge is -2.43. The van der Waals surface area contributed by atoms with Gasteiger partial charge in [0.2, 0.25) is 0 Å². The first-order chi connectivity index (χ1) is 18.3. The highest BCUT2D eigenvalue weighted by atomic mass is 32.2. The van der Waals surface area contributed by atoms with Crippen molar-refractivity contribution >= 4 is 21.7 Å². The quantitative estimate of drug-likeness (QED) is 0.318. The lowest BCUT2D eigenvalue weighted by molar-refractivity contribution is 0.0796. The second kappa shape index (κ2) is 9.13. The van der Waals surface area contributed by atoms with E-state index in [1.807, 2.05) is 19.1 Å². The molecule has 0 bridgehead atoms. The number of carbonyl (C=O) groups excluding carboxylic acids is 1. The van der Waals surface area contributed by atoms with Gasteiger partial charge in [0.05, 0.1) is 33.1 Å². The number of Topliss-reactive ketones (excluding diaryl/α,β-unsaturated/α-hetero) is 1. The zero-order valence-electron chi connectivity index (χ0n) is 20.8. The molecule has 0 aliphatic heterocycles. The van der Waals surface area contributed by atoms with Crippen LogP contribution in [0.25, 0.3) is 11.8 Å². The molecular weight excluding hydrogens is 501 g/mol. The van der Waals surface area contributed by atoms with E-state index in [4.69, 9.17) is 0 Å². The number of sulfone groups is 1. The van der Waals surface area contributed by atoms with Crippen LogP contribution in [-0.4, -0.2) is 34.2 Å². The van der Waals surface area contributed by atoms with Gasteiger partial charge in [-0.15, -0.1) is 0 Å². The maximum atomic E-state index is 14.2. The first-order valence-electron chi connectivity index (χ1n) is 12.6. The number of rotatable bonds is 5. The first kappa shape index (κ1) is 24.4. The van der Waals surface area contributed by atoms with Gasteiger partial charge in [0.25, 0.3) is 0 Å². The van der Waals surface area contributed by atoms with Crippen LogP contribution in [0.3, 0.4) is 0 Å². The number of allylic oxidation sites excluding steroid dienone is 1. The van der Waals surface area contributed by atoms with Gasteiger partial charge in [-0.2, -0.15) is 5.10 Å². The Kier molecular flexibility index (Phi) is 5.87. The number of pyridine rings is 1. The zero-order valence-corrected chi connectivity index (χ0v) is 21.7. The minimum Gasteiger partial charge on any atom is -0.291 e. The Morgan fingerprint density at radius 2 is 1.79 bits per heavy atom. The second-order valence-electron chi connectivity index (χ2n) is 10.1. The van der Waals surface area contributed by atoms with Crippen molar-refractivity contribution in [3.05, 3.63) is 113 Å². The Labute approximate surface area is 220 Å². The molecule has 0 spiro atoms. The highest BCUT2D eigenvalue weighted by molar-refractivity contribution is 7.92. The Balaban J connectivity index is 1.46. The Morgan fingerprint density at radius 3 is 2.50 bits per heavy atom. The average Bonchev–Trinajstić information content (AvgIpc) is 3.34. The number of ketones is 1. The van der Waals surface area contributed by atoms with Crippen LogP contribution in [0, 0.1) is 18.2 Å². The van der Waals surface area contributed by atoms with Gasteiger partial charge in [-0.1, -0.05) is 29.8 Å². The molecule has 2 heterocycles. The summed E-state index contributed by atoms with van der Waals surface area (Å²) in [6.45, 7) is 1.91. The number of hydrogen-bond donors (Lipinski definition) is 0. The molecule has 0 unspecified atom stereocenters. The molecule has 1 fully saturated rings. The zero-order chi connectivity index (χ0) is 26.5. The van der Waals surface area contributed by atoms with Crippen molar-refractivity contribution in [3.63, 3.8) is 0 Å². The SMILES string of the molecule is Cc1ccc(C(=O)[C@]23Cc4cnn(-c5ccc(F)cc5)c4C=C2CC[C@H](S(=O)(=O)c2ccccc2)C3)nc1. The van der Waals surface area contributed by atoms with Gasteiger partial charge in [0.1, 0.15) is 11.5 Å². The first-order valence-corrected chi connectivity index (χ1v) is 14.1. The smallest absolute Gasteiger partial charge is 0.191 e. The molecule has 0 radical (unpaired) electrons.